The highest BCUT2D eigenvalue weighted by atomic mass is 15.2. The maximum atomic E-state index is 4.58. The van der Waals surface area contributed by atoms with Gasteiger partial charge in [-0.3, -0.25) is 0 Å². The van der Waals surface area contributed by atoms with Gasteiger partial charge in [0.1, 0.15) is 5.82 Å². The largest absolute Gasteiger partial charge is 0.357 e. The summed E-state index contributed by atoms with van der Waals surface area (Å²) in [6.07, 6.45) is 5.86. The van der Waals surface area contributed by atoms with E-state index >= 15 is 0 Å². The van der Waals surface area contributed by atoms with Crippen LogP contribution >= 0.6 is 0 Å². The van der Waals surface area contributed by atoms with Crippen molar-refractivity contribution in [1.29, 1.82) is 0 Å². The third-order valence-corrected chi connectivity index (χ3v) is 5.38. The zero-order chi connectivity index (χ0) is 17.8. The minimum atomic E-state index is 0.311. The number of pyridine rings is 1. The van der Waals surface area contributed by atoms with Crippen LogP contribution in [-0.2, 0) is 6.54 Å². The lowest BCUT2D eigenvalue weighted by molar-refractivity contribution is 0.567. The summed E-state index contributed by atoms with van der Waals surface area (Å²) in [7, 11) is 0. The predicted molar refractivity (Wildman–Crippen MR) is 110 cm³/mol. The van der Waals surface area contributed by atoms with Crippen LogP contribution in [0.3, 0.4) is 0 Å². The fourth-order valence-corrected chi connectivity index (χ4v) is 3.73. The van der Waals surface area contributed by atoms with E-state index in [0.717, 1.165) is 25.5 Å². The summed E-state index contributed by atoms with van der Waals surface area (Å²) < 4.78 is 0. The Morgan fingerprint density at radius 1 is 0.962 bits per heavy atom. The molecule has 2 heterocycles. The normalized spacial score (nSPS) is 16.0. The zero-order valence-electron chi connectivity index (χ0n) is 15.5. The molecule has 134 valence electrons. The summed E-state index contributed by atoms with van der Waals surface area (Å²) in [6.45, 7) is 5.36. The number of aromatic nitrogens is 1. The summed E-state index contributed by atoms with van der Waals surface area (Å²) >= 11 is 0. The van der Waals surface area contributed by atoms with E-state index in [0.29, 0.717) is 6.04 Å². The zero-order valence-corrected chi connectivity index (χ0v) is 15.5. The molecule has 3 aromatic rings. The van der Waals surface area contributed by atoms with Crippen LogP contribution in [0.4, 0.5) is 5.82 Å². The maximum absolute atomic E-state index is 4.58. The second kappa shape index (κ2) is 7.88. The Morgan fingerprint density at radius 3 is 2.62 bits per heavy atom. The van der Waals surface area contributed by atoms with Crippen LogP contribution < -0.4 is 10.2 Å². The van der Waals surface area contributed by atoms with E-state index in [2.05, 4.69) is 76.7 Å². The lowest BCUT2D eigenvalue weighted by atomic mass is 10.0. The minimum Gasteiger partial charge on any atom is -0.357 e. The molecule has 0 amide bonds. The van der Waals surface area contributed by atoms with Gasteiger partial charge in [0.25, 0.3) is 0 Å². The van der Waals surface area contributed by atoms with Crippen LogP contribution in [0.15, 0.2) is 60.8 Å². The summed E-state index contributed by atoms with van der Waals surface area (Å²) in [5.74, 6) is 1.13. The Bertz CT molecular complexity index is 868. The Hall–Kier alpha value is -2.39. The third-order valence-electron chi connectivity index (χ3n) is 5.38. The molecule has 26 heavy (non-hydrogen) atoms. The second-order valence-corrected chi connectivity index (χ2v) is 7.28. The number of piperidine rings is 1. The number of rotatable bonds is 5. The number of anilines is 1. The molecule has 1 aliphatic heterocycles. The van der Waals surface area contributed by atoms with E-state index in [9.17, 15) is 0 Å². The van der Waals surface area contributed by atoms with Gasteiger partial charge in [0.15, 0.2) is 0 Å². The predicted octanol–water partition coefficient (Wildman–Crippen LogP) is 5.08. The van der Waals surface area contributed by atoms with Crippen molar-refractivity contribution >= 4 is 16.6 Å². The van der Waals surface area contributed by atoms with Crippen molar-refractivity contribution in [1.82, 2.24) is 10.3 Å². The first kappa shape index (κ1) is 17.0. The van der Waals surface area contributed by atoms with Crippen molar-refractivity contribution in [2.24, 2.45) is 0 Å². The van der Waals surface area contributed by atoms with Crippen molar-refractivity contribution in [2.45, 2.75) is 38.8 Å². The second-order valence-electron chi connectivity index (χ2n) is 7.28. The van der Waals surface area contributed by atoms with Gasteiger partial charge < -0.3 is 10.2 Å². The van der Waals surface area contributed by atoms with Gasteiger partial charge in [-0.25, -0.2) is 4.98 Å². The Labute approximate surface area is 156 Å². The van der Waals surface area contributed by atoms with Gasteiger partial charge in [0.05, 0.1) is 0 Å². The van der Waals surface area contributed by atoms with E-state index in [1.165, 1.54) is 41.2 Å². The van der Waals surface area contributed by atoms with Gasteiger partial charge >= 0.3 is 0 Å². The molecular weight excluding hydrogens is 318 g/mol. The maximum Gasteiger partial charge on any atom is 0.128 e. The molecule has 1 unspecified atom stereocenters. The minimum absolute atomic E-state index is 0.311. The van der Waals surface area contributed by atoms with Crippen molar-refractivity contribution < 1.29 is 0 Å². The summed E-state index contributed by atoms with van der Waals surface area (Å²) in [6, 6.07) is 19.9. The summed E-state index contributed by atoms with van der Waals surface area (Å²) in [4.78, 5) is 7.00. The average Bonchev–Trinajstić information content (AvgIpc) is 2.72. The monoisotopic (exact) mass is 345 g/mol. The number of benzene rings is 2. The van der Waals surface area contributed by atoms with E-state index in [-0.39, 0.29) is 0 Å². The molecule has 0 bridgehead atoms. The third kappa shape index (κ3) is 3.88. The Balaban J connectivity index is 1.42. The van der Waals surface area contributed by atoms with Gasteiger partial charge in [-0.1, -0.05) is 36.4 Å². The van der Waals surface area contributed by atoms with Crippen LogP contribution in [0.2, 0.25) is 0 Å². The van der Waals surface area contributed by atoms with Gasteiger partial charge in [0, 0.05) is 31.9 Å². The van der Waals surface area contributed by atoms with Gasteiger partial charge in [-0.15, -0.1) is 0 Å². The molecule has 1 fully saturated rings. The molecule has 1 saturated heterocycles. The number of hydrogen-bond acceptors (Lipinski definition) is 3. The molecular formula is C23H27N3. The number of hydrogen-bond donors (Lipinski definition) is 1. The van der Waals surface area contributed by atoms with Crippen molar-refractivity contribution in [3.63, 3.8) is 0 Å². The SMILES string of the molecule is CC(NCc1ccnc(N2CCCCC2)c1)c1ccc2ccccc2c1. The first-order valence-electron chi connectivity index (χ1n) is 9.71. The molecule has 1 atom stereocenters. The average molecular weight is 345 g/mol. The lowest BCUT2D eigenvalue weighted by Gasteiger charge is -2.28. The van der Waals surface area contributed by atoms with Gasteiger partial charge in [0.2, 0.25) is 0 Å². The molecule has 1 aliphatic rings. The summed E-state index contributed by atoms with van der Waals surface area (Å²) in [5.41, 5.74) is 2.63. The van der Waals surface area contributed by atoms with E-state index in [1.807, 2.05) is 6.20 Å². The first-order valence-corrected chi connectivity index (χ1v) is 9.71. The number of fused-ring (bicyclic) bond motifs is 1. The van der Waals surface area contributed by atoms with Crippen LogP contribution in [0.1, 0.15) is 43.4 Å². The van der Waals surface area contributed by atoms with Crippen molar-refractivity contribution in [3.8, 4) is 0 Å². The molecule has 3 nitrogen and oxygen atoms in total. The summed E-state index contributed by atoms with van der Waals surface area (Å²) in [5, 5.41) is 6.26. The molecule has 1 aromatic heterocycles. The molecule has 2 aromatic carbocycles. The van der Waals surface area contributed by atoms with Crippen molar-refractivity contribution in [2.75, 3.05) is 18.0 Å². The molecule has 4 rings (SSSR count). The Kier molecular flexibility index (Phi) is 5.16. The molecule has 0 saturated carbocycles. The molecule has 0 radical (unpaired) electrons. The van der Waals surface area contributed by atoms with Crippen LogP contribution in [0.25, 0.3) is 10.8 Å². The Morgan fingerprint density at radius 2 is 1.77 bits per heavy atom. The lowest BCUT2D eigenvalue weighted by Crippen LogP contribution is -2.30. The highest BCUT2D eigenvalue weighted by Crippen LogP contribution is 2.22. The van der Waals surface area contributed by atoms with Crippen LogP contribution in [0, 0.1) is 0 Å². The fraction of sp³-hybridized carbons (Fsp3) is 0.348. The molecule has 1 N–H and O–H groups in total. The topological polar surface area (TPSA) is 28.2 Å². The van der Waals surface area contributed by atoms with E-state index in [1.54, 1.807) is 0 Å². The van der Waals surface area contributed by atoms with E-state index < -0.39 is 0 Å². The number of nitrogens with one attached hydrogen (secondary N) is 1. The van der Waals surface area contributed by atoms with E-state index in [4.69, 9.17) is 0 Å². The van der Waals surface area contributed by atoms with Crippen LogP contribution in [0.5, 0.6) is 0 Å². The number of nitrogens with zero attached hydrogens (tertiary/aromatic N) is 2. The smallest absolute Gasteiger partial charge is 0.128 e. The first-order chi connectivity index (χ1) is 12.8. The fourth-order valence-electron chi connectivity index (χ4n) is 3.73. The standard InChI is InChI=1S/C23H27N3/c1-18(21-10-9-20-7-3-4-8-22(20)16-21)25-17-19-11-12-24-23(15-19)26-13-5-2-6-14-26/h3-4,7-12,15-16,18,25H,2,5-6,13-14,17H2,1H3. The molecule has 0 aliphatic carbocycles. The highest BCUT2D eigenvalue weighted by Gasteiger charge is 2.12. The van der Waals surface area contributed by atoms with Crippen LogP contribution in [-0.4, -0.2) is 18.1 Å². The quantitative estimate of drug-likeness (QED) is 0.699. The molecule has 3 heteroatoms. The molecule has 0 spiro atoms. The van der Waals surface area contributed by atoms with Gasteiger partial charge in [-0.2, -0.15) is 0 Å². The highest BCUT2D eigenvalue weighted by molar-refractivity contribution is 5.83. The van der Waals surface area contributed by atoms with Gasteiger partial charge in [-0.05, 0) is 66.3 Å². The van der Waals surface area contributed by atoms with Crippen molar-refractivity contribution in [3.05, 3.63) is 71.9 Å².